The molecule has 0 saturated heterocycles. The highest BCUT2D eigenvalue weighted by Crippen LogP contribution is 2.17. The summed E-state index contributed by atoms with van der Waals surface area (Å²) in [6.45, 7) is 5.77. The SMILES string of the molecule is CCOc1ccc(NC(=O)c2ccc(C[NH+]3CCc4ccccc4C3)cc2)cc1. The molecular weight excluding hydrogens is 360 g/mol. The van der Waals surface area contributed by atoms with Gasteiger partial charge in [-0.05, 0) is 48.9 Å². The first-order valence-corrected chi connectivity index (χ1v) is 10.2. The Balaban J connectivity index is 1.34. The fourth-order valence-electron chi connectivity index (χ4n) is 3.86. The zero-order valence-corrected chi connectivity index (χ0v) is 16.8. The second-order valence-electron chi connectivity index (χ2n) is 7.48. The van der Waals surface area contributed by atoms with Crippen LogP contribution in [0, 0.1) is 0 Å². The van der Waals surface area contributed by atoms with Gasteiger partial charge in [0.05, 0.1) is 13.2 Å². The Hall–Kier alpha value is -3.11. The van der Waals surface area contributed by atoms with E-state index >= 15 is 0 Å². The molecule has 0 fully saturated rings. The van der Waals surface area contributed by atoms with E-state index in [1.54, 1.807) is 4.90 Å². The second kappa shape index (κ2) is 8.93. The van der Waals surface area contributed by atoms with Crippen molar-refractivity contribution >= 4 is 11.6 Å². The van der Waals surface area contributed by atoms with Crippen LogP contribution in [0.25, 0.3) is 0 Å². The van der Waals surface area contributed by atoms with Crippen molar-refractivity contribution in [1.82, 2.24) is 0 Å². The summed E-state index contributed by atoms with van der Waals surface area (Å²) < 4.78 is 5.43. The molecule has 0 bridgehead atoms. The molecular formula is C25H27N2O2+. The first-order chi connectivity index (χ1) is 14.2. The summed E-state index contributed by atoms with van der Waals surface area (Å²) in [5.41, 5.74) is 5.63. The van der Waals surface area contributed by atoms with Crippen LogP contribution in [-0.2, 0) is 19.5 Å². The number of anilines is 1. The normalized spacial score (nSPS) is 15.4. The summed E-state index contributed by atoms with van der Waals surface area (Å²) in [4.78, 5) is 14.1. The molecule has 3 aromatic rings. The van der Waals surface area contributed by atoms with Crippen molar-refractivity contribution in [2.75, 3.05) is 18.5 Å². The van der Waals surface area contributed by atoms with Crippen LogP contribution in [0.2, 0.25) is 0 Å². The van der Waals surface area contributed by atoms with E-state index in [0.717, 1.165) is 37.5 Å². The molecule has 4 nitrogen and oxygen atoms in total. The van der Waals surface area contributed by atoms with Crippen molar-refractivity contribution in [3.05, 3.63) is 95.1 Å². The van der Waals surface area contributed by atoms with Gasteiger partial charge in [0.2, 0.25) is 0 Å². The molecule has 1 heterocycles. The molecule has 1 aliphatic heterocycles. The number of rotatable bonds is 6. The lowest BCUT2D eigenvalue weighted by Crippen LogP contribution is -3.10. The summed E-state index contributed by atoms with van der Waals surface area (Å²) in [6.07, 6.45) is 1.13. The zero-order valence-electron chi connectivity index (χ0n) is 16.8. The summed E-state index contributed by atoms with van der Waals surface area (Å²) in [7, 11) is 0. The van der Waals surface area contributed by atoms with Crippen LogP contribution in [0.15, 0.2) is 72.8 Å². The standard InChI is InChI=1S/C25H26N2O2/c1-2-29-24-13-11-23(12-14-24)26-25(28)21-9-7-19(8-10-21)17-27-16-15-20-5-3-4-6-22(20)18-27/h3-14H,2,15-18H2,1H3,(H,26,28)/p+1. The Morgan fingerprint density at radius 3 is 2.41 bits per heavy atom. The number of nitrogens with one attached hydrogen (secondary N) is 2. The average molecular weight is 388 g/mol. The number of benzene rings is 3. The molecule has 0 aliphatic carbocycles. The summed E-state index contributed by atoms with van der Waals surface area (Å²) in [5.74, 6) is 0.706. The molecule has 29 heavy (non-hydrogen) atoms. The largest absolute Gasteiger partial charge is 0.494 e. The Bertz CT molecular complexity index is 965. The van der Waals surface area contributed by atoms with Crippen LogP contribution < -0.4 is 15.0 Å². The van der Waals surface area contributed by atoms with Gasteiger partial charge >= 0.3 is 0 Å². The maximum absolute atomic E-state index is 12.5. The van der Waals surface area contributed by atoms with Crippen LogP contribution in [0.4, 0.5) is 5.69 Å². The van der Waals surface area contributed by atoms with Crippen LogP contribution in [0.5, 0.6) is 5.75 Å². The monoisotopic (exact) mass is 387 g/mol. The molecule has 148 valence electrons. The number of hydrogen-bond acceptors (Lipinski definition) is 2. The summed E-state index contributed by atoms with van der Waals surface area (Å²) >= 11 is 0. The van der Waals surface area contributed by atoms with Gasteiger partial charge in [-0.1, -0.05) is 36.4 Å². The molecule has 0 radical (unpaired) electrons. The van der Waals surface area contributed by atoms with E-state index in [1.165, 1.54) is 16.7 Å². The topological polar surface area (TPSA) is 42.8 Å². The van der Waals surface area contributed by atoms with E-state index in [-0.39, 0.29) is 5.91 Å². The molecule has 0 saturated carbocycles. The Kier molecular flexibility index (Phi) is 5.92. The lowest BCUT2D eigenvalue weighted by atomic mass is 9.99. The van der Waals surface area contributed by atoms with Crippen LogP contribution in [0.3, 0.4) is 0 Å². The number of carbonyl (C=O) groups is 1. The number of quaternary nitrogens is 1. The van der Waals surface area contributed by atoms with Gasteiger partial charge in [-0.25, -0.2) is 0 Å². The van der Waals surface area contributed by atoms with E-state index in [9.17, 15) is 4.79 Å². The highest BCUT2D eigenvalue weighted by Gasteiger charge is 2.19. The van der Waals surface area contributed by atoms with Crippen molar-refractivity contribution in [2.24, 2.45) is 0 Å². The van der Waals surface area contributed by atoms with E-state index in [4.69, 9.17) is 4.74 Å². The quantitative estimate of drug-likeness (QED) is 0.680. The second-order valence-corrected chi connectivity index (χ2v) is 7.48. The van der Waals surface area contributed by atoms with Crippen molar-refractivity contribution in [3.63, 3.8) is 0 Å². The highest BCUT2D eigenvalue weighted by molar-refractivity contribution is 6.04. The fourth-order valence-corrected chi connectivity index (χ4v) is 3.86. The molecule has 0 aromatic heterocycles. The van der Waals surface area contributed by atoms with Gasteiger partial charge in [0.1, 0.15) is 18.8 Å². The van der Waals surface area contributed by atoms with E-state index < -0.39 is 0 Å². The van der Waals surface area contributed by atoms with E-state index in [0.29, 0.717) is 12.2 Å². The average Bonchev–Trinajstić information content (AvgIpc) is 2.76. The minimum absolute atomic E-state index is 0.0973. The number of hydrogen-bond donors (Lipinski definition) is 2. The van der Waals surface area contributed by atoms with E-state index in [1.807, 2.05) is 43.3 Å². The van der Waals surface area contributed by atoms with Crippen molar-refractivity contribution in [1.29, 1.82) is 0 Å². The molecule has 0 spiro atoms. The van der Waals surface area contributed by atoms with Crippen molar-refractivity contribution in [3.8, 4) is 5.75 Å². The molecule has 4 heteroatoms. The Morgan fingerprint density at radius 1 is 0.966 bits per heavy atom. The van der Waals surface area contributed by atoms with E-state index in [2.05, 4.69) is 41.7 Å². The predicted octanol–water partition coefficient (Wildman–Crippen LogP) is 3.48. The molecule has 3 aromatic carbocycles. The molecule has 1 unspecified atom stereocenters. The lowest BCUT2D eigenvalue weighted by molar-refractivity contribution is -0.929. The molecule has 2 N–H and O–H groups in total. The summed E-state index contributed by atoms with van der Waals surface area (Å²) in [5, 5.41) is 2.94. The Morgan fingerprint density at radius 2 is 1.69 bits per heavy atom. The molecule has 4 rings (SSSR count). The third-order valence-corrected chi connectivity index (χ3v) is 5.40. The smallest absolute Gasteiger partial charge is 0.255 e. The number of fused-ring (bicyclic) bond motifs is 1. The number of ether oxygens (including phenoxy) is 1. The Labute approximate surface area is 172 Å². The zero-order chi connectivity index (χ0) is 20.1. The minimum Gasteiger partial charge on any atom is -0.494 e. The first kappa shape index (κ1) is 19.2. The number of carbonyl (C=O) groups excluding carboxylic acids is 1. The van der Waals surface area contributed by atoms with Gasteiger partial charge in [0.15, 0.2) is 0 Å². The number of amides is 1. The van der Waals surface area contributed by atoms with Crippen LogP contribution in [0.1, 0.15) is 34.0 Å². The maximum atomic E-state index is 12.5. The predicted molar refractivity (Wildman–Crippen MR) is 115 cm³/mol. The van der Waals surface area contributed by atoms with Crippen LogP contribution >= 0.6 is 0 Å². The maximum Gasteiger partial charge on any atom is 0.255 e. The van der Waals surface area contributed by atoms with Gasteiger partial charge in [-0.15, -0.1) is 0 Å². The fraction of sp³-hybridized carbons (Fsp3) is 0.240. The molecule has 1 amide bonds. The van der Waals surface area contributed by atoms with Crippen LogP contribution in [-0.4, -0.2) is 19.1 Å². The molecule has 1 atom stereocenters. The first-order valence-electron chi connectivity index (χ1n) is 10.2. The van der Waals surface area contributed by atoms with Gasteiger partial charge < -0.3 is 15.0 Å². The molecule has 1 aliphatic rings. The van der Waals surface area contributed by atoms with Gasteiger partial charge in [0.25, 0.3) is 5.91 Å². The van der Waals surface area contributed by atoms with Gasteiger partial charge in [-0.3, -0.25) is 4.79 Å². The van der Waals surface area contributed by atoms with Gasteiger partial charge in [0, 0.05) is 28.8 Å². The summed E-state index contributed by atoms with van der Waals surface area (Å²) in [6, 6.07) is 24.1. The van der Waals surface area contributed by atoms with Crippen molar-refractivity contribution < 1.29 is 14.4 Å². The lowest BCUT2D eigenvalue weighted by Gasteiger charge is -2.26. The van der Waals surface area contributed by atoms with Crippen molar-refractivity contribution in [2.45, 2.75) is 26.4 Å². The third-order valence-electron chi connectivity index (χ3n) is 5.40. The third kappa shape index (κ3) is 4.84. The van der Waals surface area contributed by atoms with Gasteiger partial charge in [-0.2, -0.15) is 0 Å². The highest BCUT2D eigenvalue weighted by atomic mass is 16.5. The minimum atomic E-state index is -0.0973.